The fraction of sp³-hybridized carbons (Fsp3) is 1.00. The molecular weight excluding hydrogens is 156 g/mol. The Balaban J connectivity index is 2.28. The molecule has 1 unspecified atom stereocenters. The first kappa shape index (κ1) is 9.92. The van der Waals surface area contributed by atoms with Gasteiger partial charge in [-0.1, -0.05) is 6.92 Å². The van der Waals surface area contributed by atoms with Crippen LogP contribution in [0.25, 0.3) is 0 Å². The Morgan fingerprint density at radius 1 is 1.58 bits per heavy atom. The topological polar surface area (TPSA) is 64.5 Å². The fourth-order valence-electron chi connectivity index (χ4n) is 1.44. The average molecular weight is 174 g/mol. The lowest BCUT2D eigenvalue weighted by Crippen LogP contribution is -2.46. The van der Waals surface area contributed by atoms with E-state index in [9.17, 15) is 5.11 Å². The molecule has 1 aliphatic rings. The predicted molar refractivity (Wildman–Crippen MR) is 47.0 cm³/mol. The number of hydrogen-bond acceptors (Lipinski definition) is 4. The molecule has 1 rings (SSSR count). The number of nitrogens with one attached hydrogen (secondary N) is 2. The largest absolute Gasteiger partial charge is 0.395 e. The van der Waals surface area contributed by atoms with Gasteiger partial charge in [0.15, 0.2) is 0 Å². The van der Waals surface area contributed by atoms with E-state index in [4.69, 9.17) is 5.11 Å². The average Bonchev–Trinajstić information content (AvgIpc) is 2.47. The Kier molecular flexibility index (Phi) is 3.94. The molecule has 0 bridgehead atoms. The zero-order chi connectivity index (χ0) is 8.97. The highest BCUT2D eigenvalue weighted by Crippen LogP contribution is 2.01. The summed E-state index contributed by atoms with van der Waals surface area (Å²) in [6, 6.07) is 0.214. The number of β-amino-alcohol motifs (C(OH)–C–C–N with tert-alkyl or cyclic N) is 1. The van der Waals surface area contributed by atoms with Gasteiger partial charge in [0, 0.05) is 25.2 Å². The number of aliphatic hydroxyl groups excluding tert-OH is 2. The van der Waals surface area contributed by atoms with Gasteiger partial charge < -0.3 is 20.8 Å². The second kappa shape index (κ2) is 4.77. The van der Waals surface area contributed by atoms with E-state index in [-0.39, 0.29) is 24.8 Å². The van der Waals surface area contributed by atoms with Gasteiger partial charge in [-0.3, -0.25) is 0 Å². The van der Waals surface area contributed by atoms with Crippen LogP contribution >= 0.6 is 0 Å². The predicted octanol–water partition coefficient (Wildman–Crippen LogP) is -1.32. The summed E-state index contributed by atoms with van der Waals surface area (Å²) >= 11 is 0. The maximum atomic E-state index is 9.42. The summed E-state index contributed by atoms with van der Waals surface area (Å²) in [5.41, 5.74) is 0. The lowest BCUT2D eigenvalue weighted by molar-refractivity contribution is 0.143. The van der Waals surface area contributed by atoms with Crippen molar-refractivity contribution in [2.75, 3.05) is 19.7 Å². The molecule has 3 atom stereocenters. The van der Waals surface area contributed by atoms with Crippen LogP contribution in [0.2, 0.25) is 0 Å². The van der Waals surface area contributed by atoms with Crippen LogP contribution in [0.15, 0.2) is 0 Å². The molecule has 4 N–H and O–H groups in total. The van der Waals surface area contributed by atoms with E-state index in [0.29, 0.717) is 6.54 Å². The monoisotopic (exact) mass is 174 g/mol. The zero-order valence-electron chi connectivity index (χ0n) is 7.45. The summed E-state index contributed by atoms with van der Waals surface area (Å²) in [5, 5.41) is 24.6. The number of aliphatic hydroxyl groups is 2. The molecule has 4 nitrogen and oxygen atoms in total. The van der Waals surface area contributed by atoms with Crippen molar-refractivity contribution >= 4 is 0 Å². The van der Waals surface area contributed by atoms with E-state index in [0.717, 1.165) is 13.0 Å². The highest BCUT2D eigenvalue weighted by Gasteiger charge is 2.25. The van der Waals surface area contributed by atoms with Gasteiger partial charge in [0.1, 0.15) is 0 Å². The lowest BCUT2D eigenvalue weighted by atomic mass is 10.1. The van der Waals surface area contributed by atoms with Gasteiger partial charge in [0.25, 0.3) is 0 Å². The summed E-state index contributed by atoms with van der Waals surface area (Å²) < 4.78 is 0. The molecule has 0 aromatic carbocycles. The molecule has 0 aromatic heterocycles. The van der Waals surface area contributed by atoms with Gasteiger partial charge in [-0.25, -0.2) is 0 Å². The minimum Gasteiger partial charge on any atom is -0.395 e. The van der Waals surface area contributed by atoms with Crippen LogP contribution in [0.5, 0.6) is 0 Å². The molecular formula is C8H18N2O2. The van der Waals surface area contributed by atoms with Crippen molar-refractivity contribution in [1.29, 1.82) is 0 Å². The van der Waals surface area contributed by atoms with Crippen molar-refractivity contribution in [3.05, 3.63) is 0 Å². The maximum Gasteiger partial charge on any atom is 0.0829 e. The lowest BCUT2D eigenvalue weighted by Gasteiger charge is -2.21. The molecule has 12 heavy (non-hydrogen) atoms. The molecule has 0 aromatic rings. The van der Waals surface area contributed by atoms with E-state index in [1.54, 1.807) is 0 Å². The Bertz CT molecular complexity index is 128. The molecule has 1 saturated heterocycles. The van der Waals surface area contributed by atoms with Crippen molar-refractivity contribution in [3.8, 4) is 0 Å². The standard InChI is InChI=1S/C8H18N2O2/c1-2-6(5-11)10-7-3-9-4-8(7)12/h6-12H,2-5H2,1H3/t6?,7-,8-/m1/s1. The van der Waals surface area contributed by atoms with Crippen LogP contribution in [0.4, 0.5) is 0 Å². The normalized spacial score (nSPS) is 32.2. The molecule has 1 fully saturated rings. The number of rotatable bonds is 4. The SMILES string of the molecule is CCC(CO)N[C@@H]1CNC[C@H]1O. The molecule has 0 amide bonds. The van der Waals surface area contributed by atoms with E-state index >= 15 is 0 Å². The fourth-order valence-corrected chi connectivity index (χ4v) is 1.44. The summed E-state index contributed by atoms with van der Waals surface area (Å²) in [5.74, 6) is 0. The number of hydrogen-bond donors (Lipinski definition) is 4. The molecule has 0 aliphatic carbocycles. The van der Waals surface area contributed by atoms with Crippen LogP contribution in [-0.4, -0.2) is 48.1 Å². The third-order valence-electron chi connectivity index (χ3n) is 2.35. The third-order valence-corrected chi connectivity index (χ3v) is 2.35. The van der Waals surface area contributed by atoms with Crippen LogP contribution < -0.4 is 10.6 Å². The van der Waals surface area contributed by atoms with Crippen molar-refractivity contribution < 1.29 is 10.2 Å². The van der Waals surface area contributed by atoms with Crippen molar-refractivity contribution in [1.82, 2.24) is 10.6 Å². The van der Waals surface area contributed by atoms with Gasteiger partial charge in [-0.2, -0.15) is 0 Å². The molecule has 0 radical (unpaired) electrons. The molecule has 0 saturated carbocycles. The van der Waals surface area contributed by atoms with Crippen LogP contribution in [0.1, 0.15) is 13.3 Å². The van der Waals surface area contributed by atoms with E-state index in [1.807, 2.05) is 6.92 Å². The first-order valence-corrected chi connectivity index (χ1v) is 4.53. The second-order valence-electron chi connectivity index (χ2n) is 3.29. The van der Waals surface area contributed by atoms with Crippen LogP contribution in [-0.2, 0) is 0 Å². The zero-order valence-corrected chi connectivity index (χ0v) is 7.45. The second-order valence-corrected chi connectivity index (χ2v) is 3.29. The van der Waals surface area contributed by atoms with Crippen molar-refractivity contribution in [3.63, 3.8) is 0 Å². The third kappa shape index (κ3) is 2.42. The summed E-state index contributed by atoms with van der Waals surface area (Å²) in [7, 11) is 0. The van der Waals surface area contributed by atoms with Gasteiger partial charge in [-0.15, -0.1) is 0 Å². The highest BCUT2D eigenvalue weighted by molar-refractivity contribution is 4.88. The first-order valence-electron chi connectivity index (χ1n) is 4.53. The van der Waals surface area contributed by atoms with E-state index < -0.39 is 0 Å². The smallest absolute Gasteiger partial charge is 0.0829 e. The quantitative estimate of drug-likeness (QED) is 0.427. The minimum absolute atomic E-state index is 0.0992. The molecule has 0 spiro atoms. The first-order chi connectivity index (χ1) is 5.77. The summed E-state index contributed by atoms with van der Waals surface area (Å²) in [4.78, 5) is 0. The summed E-state index contributed by atoms with van der Waals surface area (Å²) in [6.45, 7) is 3.60. The minimum atomic E-state index is -0.314. The molecule has 1 aliphatic heterocycles. The highest BCUT2D eigenvalue weighted by atomic mass is 16.3. The Morgan fingerprint density at radius 3 is 2.75 bits per heavy atom. The molecule has 72 valence electrons. The van der Waals surface area contributed by atoms with E-state index in [2.05, 4.69) is 10.6 Å². The van der Waals surface area contributed by atoms with E-state index in [1.165, 1.54) is 0 Å². The Hall–Kier alpha value is -0.160. The van der Waals surface area contributed by atoms with Gasteiger partial charge >= 0.3 is 0 Å². The van der Waals surface area contributed by atoms with Gasteiger partial charge in [-0.05, 0) is 6.42 Å². The summed E-state index contributed by atoms with van der Waals surface area (Å²) in [6.07, 6.45) is 0.574. The van der Waals surface area contributed by atoms with Gasteiger partial charge in [0.05, 0.1) is 12.7 Å². The van der Waals surface area contributed by atoms with Crippen LogP contribution in [0.3, 0.4) is 0 Å². The Labute approximate surface area is 73.0 Å². The van der Waals surface area contributed by atoms with Crippen molar-refractivity contribution in [2.24, 2.45) is 0 Å². The Morgan fingerprint density at radius 2 is 2.33 bits per heavy atom. The molecule has 1 heterocycles. The van der Waals surface area contributed by atoms with Crippen LogP contribution in [0, 0.1) is 0 Å². The molecule has 4 heteroatoms. The van der Waals surface area contributed by atoms with Gasteiger partial charge in [0.2, 0.25) is 0 Å². The van der Waals surface area contributed by atoms with Crippen molar-refractivity contribution in [2.45, 2.75) is 31.5 Å². The maximum absolute atomic E-state index is 9.42.